The standard InChI is InChI=1S/C21H14FNO6/c22-13-6-4-12(5-7-13)19(24)23-14-2-1-3-15(10-14)29-16-8-9-17(20(25)26)18(11-16)21(27)28/h1-11H,(H,23,24)(H,25,26)(H,27,28). The Bertz CT molecular complexity index is 1090. The number of aromatic carboxylic acids is 2. The number of benzene rings is 3. The first-order valence-corrected chi connectivity index (χ1v) is 8.29. The summed E-state index contributed by atoms with van der Waals surface area (Å²) >= 11 is 0. The summed E-state index contributed by atoms with van der Waals surface area (Å²) in [4.78, 5) is 34.6. The lowest BCUT2D eigenvalue weighted by molar-refractivity contribution is 0.0651. The number of carbonyl (C=O) groups is 3. The maximum atomic E-state index is 13.0. The van der Waals surface area contributed by atoms with Crippen LogP contribution in [0, 0.1) is 5.82 Å². The predicted octanol–water partition coefficient (Wildman–Crippen LogP) is 4.27. The number of hydrogen-bond donors (Lipinski definition) is 3. The highest BCUT2D eigenvalue weighted by atomic mass is 19.1. The zero-order valence-electron chi connectivity index (χ0n) is 14.8. The summed E-state index contributed by atoms with van der Waals surface area (Å²) in [5.41, 5.74) is -0.0913. The second kappa shape index (κ2) is 8.22. The monoisotopic (exact) mass is 395 g/mol. The summed E-state index contributed by atoms with van der Waals surface area (Å²) in [6.07, 6.45) is 0. The van der Waals surface area contributed by atoms with Gasteiger partial charge in [-0.3, -0.25) is 4.79 Å². The third kappa shape index (κ3) is 4.75. The van der Waals surface area contributed by atoms with Crippen LogP contribution in [0.25, 0.3) is 0 Å². The van der Waals surface area contributed by atoms with E-state index in [1.54, 1.807) is 18.2 Å². The Morgan fingerprint density at radius 3 is 2.10 bits per heavy atom. The number of anilines is 1. The van der Waals surface area contributed by atoms with Gasteiger partial charge in [0.25, 0.3) is 5.91 Å². The summed E-state index contributed by atoms with van der Waals surface area (Å²) in [7, 11) is 0. The molecule has 0 heterocycles. The van der Waals surface area contributed by atoms with E-state index >= 15 is 0 Å². The van der Waals surface area contributed by atoms with Crippen molar-refractivity contribution in [3.63, 3.8) is 0 Å². The molecule has 0 radical (unpaired) electrons. The molecule has 0 fully saturated rings. The molecular weight excluding hydrogens is 381 g/mol. The van der Waals surface area contributed by atoms with Gasteiger partial charge in [0.1, 0.15) is 17.3 Å². The van der Waals surface area contributed by atoms with Crippen LogP contribution in [0.1, 0.15) is 31.1 Å². The highest BCUT2D eigenvalue weighted by Gasteiger charge is 2.17. The second-order valence-electron chi connectivity index (χ2n) is 5.91. The Balaban J connectivity index is 1.78. The summed E-state index contributed by atoms with van der Waals surface area (Å²) < 4.78 is 18.6. The molecule has 0 spiro atoms. The molecule has 1 amide bonds. The number of carboxylic acid groups (broad SMARTS) is 2. The van der Waals surface area contributed by atoms with Crippen LogP contribution in [0.4, 0.5) is 10.1 Å². The molecule has 0 aromatic heterocycles. The van der Waals surface area contributed by atoms with Gasteiger partial charge >= 0.3 is 11.9 Å². The van der Waals surface area contributed by atoms with Crippen molar-refractivity contribution in [2.24, 2.45) is 0 Å². The van der Waals surface area contributed by atoms with E-state index in [-0.39, 0.29) is 16.9 Å². The molecule has 0 bridgehead atoms. The number of carbonyl (C=O) groups excluding carboxylic acids is 1. The average Bonchev–Trinajstić information content (AvgIpc) is 2.68. The lowest BCUT2D eigenvalue weighted by Crippen LogP contribution is -2.11. The molecule has 0 aliphatic rings. The molecule has 3 aromatic rings. The third-order valence-electron chi connectivity index (χ3n) is 3.89. The van der Waals surface area contributed by atoms with E-state index < -0.39 is 29.2 Å². The first kappa shape index (κ1) is 19.6. The predicted molar refractivity (Wildman–Crippen MR) is 101 cm³/mol. The fraction of sp³-hybridized carbons (Fsp3) is 0. The Morgan fingerprint density at radius 1 is 0.793 bits per heavy atom. The van der Waals surface area contributed by atoms with Crippen molar-refractivity contribution in [2.75, 3.05) is 5.32 Å². The number of amides is 1. The number of ether oxygens (including phenoxy) is 1. The lowest BCUT2D eigenvalue weighted by Gasteiger charge is -2.10. The van der Waals surface area contributed by atoms with E-state index in [0.29, 0.717) is 11.4 Å². The van der Waals surface area contributed by atoms with Gasteiger partial charge in [-0.2, -0.15) is 0 Å². The fourth-order valence-corrected chi connectivity index (χ4v) is 2.53. The second-order valence-corrected chi connectivity index (χ2v) is 5.91. The summed E-state index contributed by atoms with van der Waals surface area (Å²) in [6.45, 7) is 0. The van der Waals surface area contributed by atoms with Crippen molar-refractivity contribution >= 4 is 23.5 Å². The van der Waals surface area contributed by atoms with Crippen molar-refractivity contribution in [3.8, 4) is 11.5 Å². The van der Waals surface area contributed by atoms with Crippen LogP contribution in [-0.4, -0.2) is 28.1 Å². The molecular formula is C21H14FNO6. The zero-order chi connectivity index (χ0) is 21.0. The van der Waals surface area contributed by atoms with Crippen molar-refractivity contribution in [3.05, 3.63) is 89.2 Å². The number of halogens is 1. The Labute approximate surface area is 164 Å². The molecule has 0 aliphatic carbocycles. The molecule has 7 nitrogen and oxygen atoms in total. The molecule has 146 valence electrons. The molecule has 0 saturated heterocycles. The van der Waals surface area contributed by atoms with Crippen LogP contribution in [0.5, 0.6) is 11.5 Å². The van der Waals surface area contributed by atoms with Crippen LogP contribution in [0.3, 0.4) is 0 Å². The maximum absolute atomic E-state index is 13.0. The molecule has 3 rings (SSSR count). The summed E-state index contributed by atoms with van der Waals surface area (Å²) in [6, 6.07) is 14.9. The van der Waals surface area contributed by atoms with Gasteiger partial charge in [-0.15, -0.1) is 0 Å². The van der Waals surface area contributed by atoms with E-state index in [1.165, 1.54) is 36.4 Å². The Kier molecular flexibility index (Phi) is 5.54. The molecule has 29 heavy (non-hydrogen) atoms. The van der Waals surface area contributed by atoms with Crippen molar-refractivity contribution < 1.29 is 33.7 Å². The highest BCUT2D eigenvalue weighted by Crippen LogP contribution is 2.26. The molecule has 0 aliphatic heterocycles. The number of hydrogen-bond acceptors (Lipinski definition) is 4. The van der Waals surface area contributed by atoms with Gasteiger partial charge in [0, 0.05) is 17.3 Å². The van der Waals surface area contributed by atoms with E-state index in [9.17, 15) is 23.9 Å². The molecule has 3 N–H and O–H groups in total. The largest absolute Gasteiger partial charge is 0.478 e. The smallest absolute Gasteiger partial charge is 0.336 e. The zero-order valence-corrected chi connectivity index (χ0v) is 14.8. The highest BCUT2D eigenvalue weighted by molar-refractivity contribution is 6.04. The SMILES string of the molecule is O=C(Nc1cccc(Oc2ccc(C(=O)O)c(C(=O)O)c2)c1)c1ccc(F)cc1. The van der Waals surface area contributed by atoms with E-state index in [4.69, 9.17) is 9.84 Å². The van der Waals surface area contributed by atoms with Crippen LogP contribution in [0.2, 0.25) is 0 Å². The van der Waals surface area contributed by atoms with Gasteiger partial charge in [0.05, 0.1) is 11.1 Å². The topological polar surface area (TPSA) is 113 Å². The quantitative estimate of drug-likeness (QED) is 0.575. The van der Waals surface area contributed by atoms with Gasteiger partial charge in [0.2, 0.25) is 0 Å². The third-order valence-corrected chi connectivity index (χ3v) is 3.89. The molecule has 3 aromatic carbocycles. The van der Waals surface area contributed by atoms with E-state index in [1.807, 2.05) is 0 Å². The summed E-state index contributed by atoms with van der Waals surface area (Å²) in [5.74, 6) is -3.24. The Hall–Kier alpha value is -4.20. The van der Waals surface area contributed by atoms with Gasteiger partial charge in [0.15, 0.2) is 0 Å². The maximum Gasteiger partial charge on any atom is 0.336 e. The van der Waals surface area contributed by atoms with Gasteiger partial charge in [-0.05, 0) is 54.6 Å². The normalized spacial score (nSPS) is 10.2. The minimum Gasteiger partial charge on any atom is -0.478 e. The van der Waals surface area contributed by atoms with Gasteiger partial charge in [-0.1, -0.05) is 6.07 Å². The van der Waals surface area contributed by atoms with Crippen molar-refractivity contribution in [1.82, 2.24) is 0 Å². The first-order chi connectivity index (χ1) is 13.8. The summed E-state index contributed by atoms with van der Waals surface area (Å²) in [5, 5.41) is 20.9. The number of rotatable bonds is 6. The minimum atomic E-state index is -1.40. The van der Waals surface area contributed by atoms with E-state index in [0.717, 1.165) is 12.1 Å². The molecule has 8 heteroatoms. The van der Waals surface area contributed by atoms with E-state index in [2.05, 4.69) is 5.32 Å². The fourth-order valence-electron chi connectivity index (χ4n) is 2.53. The Morgan fingerprint density at radius 2 is 1.45 bits per heavy atom. The van der Waals surface area contributed by atoms with Crippen molar-refractivity contribution in [1.29, 1.82) is 0 Å². The van der Waals surface area contributed by atoms with Crippen LogP contribution in [-0.2, 0) is 0 Å². The molecule has 0 unspecified atom stereocenters. The van der Waals surface area contributed by atoms with Crippen LogP contribution < -0.4 is 10.1 Å². The molecule has 0 saturated carbocycles. The van der Waals surface area contributed by atoms with Gasteiger partial charge in [-0.25, -0.2) is 14.0 Å². The lowest BCUT2D eigenvalue weighted by atomic mass is 10.1. The minimum absolute atomic E-state index is 0.120. The first-order valence-electron chi connectivity index (χ1n) is 8.29. The number of nitrogens with one attached hydrogen (secondary N) is 1. The molecule has 0 atom stereocenters. The number of carboxylic acids is 2. The van der Waals surface area contributed by atoms with Gasteiger partial charge < -0.3 is 20.3 Å². The van der Waals surface area contributed by atoms with Crippen LogP contribution >= 0.6 is 0 Å². The average molecular weight is 395 g/mol. The van der Waals surface area contributed by atoms with Crippen LogP contribution in [0.15, 0.2) is 66.7 Å². The van der Waals surface area contributed by atoms with Crippen molar-refractivity contribution in [2.45, 2.75) is 0 Å².